The molecule has 0 spiro atoms. The average molecular weight is 735 g/mol. The normalized spacial score (nSPS) is 27.8. The quantitative estimate of drug-likeness (QED) is 0.131. The third kappa shape index (κ3) is 12.3. The number of carboxylic acid groups (broad SMARTS) is 1. The van der Waals surface area contributed by atoms with Crippen LogP contribution in [0.1, 0.15) is 166 Å². The number of allylic oxidation sites excluding steroid dienone is 1. The molecule has 6 atom stereocenters. The molecule has 0 amide bonds. The highest BCUT2D eigenvalue weighted by Gasteiger charge is 2.63. The number of ether oxygens (including phenoxy) is 4. The molecule has 2 bridgehead atoms. The summed E-state index contributed by atoms with van der Waals surface area (Å²) in [4.78, 5) is 56.6. The van der Waals surface area contributed by atoms with Gasteiger partial charge in [0.15, 0.2) is 0 Å². The van der Waals surface area contributed by atoms with E-state index in [1.807, 2.05) is 62.3 Å². The van der Waals surface area contributed by atoms with Gasteiger partial charge in [0.2, 0.25) is 0 Å². The maximum Gasteiger partial charge on any atom is 0.312 e. The van der Waals surface area contributed by atoms with Crippen LogP contribution in [0.3, 0.4) is 0 Å². The molecule has 1 heterocycles. The number of carbonyl (C=O) groups excluding carboxylic acids is 4. The van der Waals surface area contributed by atoms with Crippen molar-refractivity contribution >= 4 is 29.8 Å². The number of hydrogen-bond donors (Lipinski definition) is 1. The molecule has 0 aromatic carbocycles. The molecule has 1 saturated heterocycles. The number of carboxylic acids is 1. The van der Waals surface area contributed by atoms with Gasteiger partial charge < -0.3 is 24.1 Å². The van der Waals surface area contributed by atoms with Gasteiger partial charge in [0, 0.05) is 18.8 Å². The molecule has 4 aliphatic carbocycles. The van der Waals surface area contributed by atoms with Crippen molar-refractivity contribution in [2.24, 2.45) is 34.0 Å². The van der Waals surface area contributed by atoms with Crippen molar-refractivity contribution in [1.29, 1.82) is 0 Å². The molecule has 298 valence electrons. The van der Waals surface area contributed by atoms with Crippen LogP contribution in [0.5, 0.6) is 0 Å². The van der Waals surface area contributed by atoms with Gasteiger partial charge in [-0.3, -0.25) is 24.0 Å². The molecule has 10 heteroatoms. The second-order valence-corrected chi connectivity index (χ2v) is 17.3. The Hall–Kier alpha value is -2.91. The molecule has 52 heavy (non-hydrogen) atoms. The molecule has 6 unspecified atom stereocenters. The summed E-state index contributed by atoms with van der Waals surface area (Å²) in [6, 6.07) is 0. The van der Waals surface area contributed by atoms with Crippen molar-refractivity contribution in [2.45, 2.75) is 190 Å². The van der Waals surface area contributed by atoms with E-state index in [9.17, 15) is 19.2 Å². The van der Waals surface area contributed by atoms with Gasteiger partial charge in [-0.05, 0) is 131 Å². The predicted octanol–water partition coefficient (Wildman–Crippen LogP) is 9.16. The molecule has 0 aromatic rings. The maximum atomic E-state index is 12.1. The molecule has 4 fully saturated rings. The van der Waals surface area contributed by atoms with Gasteiger partial charge in [-0.2, -0.15) is 0 Å². The minimum Gasteiger partial charge on any atom is -0.481 e. The summed E-state index contributed by atoms with van der Waals surface area (Å²) in [5.41, 5.74) is -1.46. The van der Waals surface area contributed by atoms with Crippen molar-refractivity contribution in [1.82, 2.24) is 0 Å². The number of fused-ring (bicyclic) bond motifs is 1. The van der Waals surface area contributed by atoms with Gasteiger partial charge in [-0.15, -0.1) is 0 Å². The first kappa shape index (κ1) is 45.2. The van der Waals surface area contributed by atoms with Gasteiger partial charge in [0.25, 0.3) is 5.97 Å². The fourth-order valence-corrected chi connectivity index (χ4v) is 6.95. The topological polar surface area (TPSA) is 142 Å². The van der Waals surface area contributed by atoms with Gasteiger partial charge >= 0.3 is 23.9 Å². The van der Waals surface area contributed by atoms with Crippen LogP contribution >= 0.6 is 0 Å². The van der Waals surface area contributed by atoms with Gasteiger partial charge in [0.05, 0.1) is 22.2 Å². The van der Waals surface area contributed by atoms with Gasteiger partial charge in [-0.1, -0.05) is 40.2 Å². The van der Waals surface area contributed by atoms with Crippen LogP contribution in [-0.2, 0) is 42.9 Å². The first-order valence-electron chi connectivity index (χ1n) is 19.9. The third-order valence-corrected chi connectivity index (χ3v) is 12.1. The van der Waals surface area contributed by atoms with Crippen LogP contribution in [0.25, 0.3) is 0 Å². The molecule has 3 saturated carbocycles. The second-order valence-electron chi connectivity index (χ2n) is 17.3. The summed E-state index contributed by atoms with van der Waals surface area (Å²) >= 11 is 0. The highest BCUT2D eigenvalue weighted by Crippen LogP contribution is 2.55. The van der Waals surface area contributed by atoms with E-state index >= 15 is 0 Å². The Bertz CT molecular complexity index is 1240. The Labute approximate surface area is 313 Å². The summed E-state index contributed by atoms with van der Waals surface area (Å²) < 4.78 is 22.3. The van der Waals surface area contributed by atoms with Crippen molar-refractivity contribution in [2.75, 3.05) is 0 Å². The molecule has 1 N–H and O–H groups in total. The van der Waals surface area contributed by atoms with E-state index in [1.165, 1.54) is 19.3 Å². The standard InChI is InChI=1S/C14H20O4.C14H24O2.C12H22O2.C2H4O2/c1-4-14(2,3)13(16)18-10-7-5-8-9(6-7)12(15)17-11(8)10;1-5-13(3,4)12(15)16-14(6-2)10-8-7-9-11-14;1-4-12(2,3)11(13)14-10-8-6-5-7-9-10;1-2(3)4/h7-11H,4-6H2,1-3H3;8,10H,5-7,9,11H2,1-4H3;10H,4-9H2,1-3H3;1H3,(H,3,4). The van der Waals surface area contributed by atoms with E-state index in [0.29, 0.717) is 11.8 Å². The lowest BCUT2D eigenvalue weighted by atomic mass is 9.86. The van der Waals surface area contributed by atoms with E-state index < -0.39 is 11.4 Å². The number of rotatable bonds is 10. The minimum absolute atomic E-state index is 0.0214. The van der Waals surface area contributed by atoms with Gasteiger partial charge in [-0.25, -0.2) is 0 Å². The molecule has 5 aliphatic rings. The van der Waals surface area contributed by atoms with Gasteiger partial charge in [0.1, 0.15) is 23.9 Å². The third-order valence-electron chi connectivity index (χ3n) is 12.1. The summed E-state index contributed by atoms with van der Waals surface area (Å²) in [6.07, 6.45) is 18.2. The zero-order valence-electron chi connectivity index (χ0n) is 34.1. The smallest absolute Gasteiger partial charge is 0.312 e. The van der Waals surface area contributed by atoms with Crippen molar-refractivity contribution < 1.29 is 48.0 Å². The molecule has 0 radical (unpaired) electrons. The van der Waals surface area contributed by atoms with Crippen LogP contribution in [0.4, 0.5) is 0 Å². The highest BCUT2D eigenvalue weighted by atomic mass is 16.6. The fourth-order valence-electron chi connectivity index (χ4n) is 6.95. The maximum absolute atomic E-state index is 12.1. The van der Waals surface area contributed by atoms with Crippen LogP contribution in [0, 0.1) is 34.0 Å². The van der Waals surface area contributed by atoms with Crippen LogP contribution in [0.15, 0.2) is 12.2 Å². The largest absolute Gasteiger partial charge is 0.481 e. The fraction of sp³-hybridized carbons (Fsp3) is 0.833. The summed E-state index contributed by atoms with van der Waals surface area (Å²) in [5, 5.41) is 7.42. The highest BCUT2D eigenvalue weighted by molar-refractivity contribution is 5.79. The lowest BCUT2D eigenvalue weighted by Crippen LogP contribution is -2.39. The van der Waals surface area contributed by atoms with Crippen LogP contribution in [-0.4, -0.2) is 58.9 Å². The van der Waals surface area contributed by atoms with E-state index in [2.05, 4.69) is 19.1 Å². The SMILES string of the molecule is CC(=O)O.CCC(C)(C)C(=O)OC1C2CC3C(=O)OC1C3C2.CCC(C)(C)C(=O)OC1CCCCC1.CCC1(OC(=O)C(C)(C)CC)C=CCCC1. The predicted molar refractivity (Wildman–Crippen MR) is 200 cm³/mol. The van der Waals surface area contributed by atoms with E-state index in [0.717, 1.165) is 77.6 Å². The lowest BCUT2D eigenvalue weighted by Gasteiger charge is -2.35. The molecular formula is C42H70O10. The zero-order valence-corrected chi connectivity index (χ0v) is 34.1. The second kappa shape index (κ2) is 19.4. The number of esters is 4. The minimum atomic E-state index is -0.833. The van der Waals surface area contributed by atoms with E-state index in [4.69, 9.17) is 28.8 Å². The summed E-state index contributed by atoms with van der Waals surface area (Å²) in [7, 11) is 0. The molecule has 1 aliphatic heterocycles. The van der Waals surface area contributed by atoms with Crippen LogP contribution < -0.4 is 0 Å². The number of carbonyl (C=O) groups is 5. The Balaban J connectivity index is 0.000000259. The Morgan fingerprint density at radius 1 is 0.808 bits per heavy atom. The monoisotopic (exact) mass is 734 g/mol. The lowest BCUT2D eigenvalue weighted by molar-refractivity contribution is -0.170. The Kier molecular flexibility index (Phi) is 16.9. The molecular weight excluding hydrogens is 664 g/mol. The first-order valence-corrected chi connectivity index (χ1v) is 19.9. The van der Waals surface area contributed by atoms with Crippen molar-refractivity contribution in [3.63, 3.8) is 0 Å². The Morgan fingerprint density at radius 3 is 1.81 bits per heavy atom. The molecule has 10 nitrogen and oxygen atoms in total. The van der Waals surface area contributed by atoms with E-state index in [-0.39, 0.29) is 64.5 Å². The first-order chi connectivity index (χ1) is 24.2. The summed E-state index contributed by atoms with van der Waals surface area (Å²) in [6.45, 7) is 20.8. The van der Waals surface area contributed by atoms with Crippen molar-refractivity contribution in [3.8, 4) is 0 Å². The number of hydrogen-bond acceptors (Lipinski definition) is 9. The molecule has 5 rings (SSSR count). The van der Waals surface area contributed by atoms with Crippen LogP contribution in [0.2, 0.25) is 0 Å². The van der Waals surface area contributed by atoms with Crippen molar-refractivity contribution in [3.05, 3.63) is 12.2 Å². The molecule has 0 aromatic heterocycles. The number of aliphatic carboxylic acids is 1. The van der Waals surface area contributed by atoms with E-state index in [1.54, 1.807) is 0 Å². The summed E-state index contributed by atoms with van der Waals surface area (Å²) in [5.74, 6) is -0.467. The average Bonchev–Trinajstić information content (AvgIpc) is 3.75. The Morgan fingerprint density at radius 2 is 1.33 bits per heavy atom. The zero-order chi connectivity index (χ0) is 39.5.